The van der Waals surface area contributed by atoms with E-state index in [1.165, 1.54) is 0 Å². The predicted octanol–water partition coefficient (Wildman–Crippen LogP) is -5.95. The molecule has 9 N–H and O–H groups in total. The molecule has 0 aromatic carbocycles. The summed E-state index contributed by atoms with van der Waals surface area (Å²) in [6.45, 7) is -0.247. The smallest absolute Gasteiger partial charge is 0.397 e. The Balaban J connectivity index is 2.53. The number of hydrogen-bond donors (Lipinski definition) is 9. The fourth-order valence-corrected chi connectivity index (χ4v) is 4.03. The van der Waals surface area contributed by atoms with Crippen LogP contribution in [0.3, 0.4) is 0 Å². The van der Waals surface area contributed by atoms with Gasteiger partial charge in [-0.3, -0.25) is 9.35 Å². The van der Waals surface area contributed by atoms with Gasteiger partial charge in [-0.1, -0.05) is 0 Å². The Morgan fingerprint density at radius 2 is 1.68 bits per heavy atom. The van der Waals surface area contributed by atoms with Crippen LogP contribution in [0.15, 0.2) is 0 Å². The number of carbonyl (C=O) groups is 2. The molecule has 16 nitrogen and oxygen atoms in total. The Kier molecular flexibility index (Phi) is 7.61. The number of carboxylic acid groups (broad SMARTS) is 1. The van der Waals surface area contributed by atoms with E-state index in [4.69, 9.17) is 14.0 Å². The van der Waals surface area contributed by atoms with Gasteiger partial charge in [0.1, 0.15) is 48.8 Å². The van der Waals surface area contributed by atoms with Gasteiger partial charge in [0.05, 0.1) is 6.61 Å². The van der Waals surface area contributed by atoms with Crippen molar-refractivity contribution in [2.45, 2.75) is 67.6 Å². The molecule has 0 radical (unpaired) electrons. The summed E-state index contributed by atoms with van der Waals surface area (Å²) in [5.74, 6) is -5.86. The highest BCUT2D eigenvalue weighted by Crippen LogP contribution is 2.38. The van der Waals surface area contributed by atoms with Crippen LogP contribution >= 0.6 is 0 Å². The molecule has 2 aliphatic heterocycles. The molecule has 0 spiro atoms. The SMILES string of the molecule is CC(=O)N[C@@H]1[C@@H](O)[C@@H](OS(=O)(=O)O)[C@@H](CO)OC1(O)C1O[C@H](C(=O)O)[C@@H](O)[C@H](O)[C@H]1O. The van der Waals surface area contributed by atoms with Crippen LogP contribution in [-0.2, 0) is 33.6 Å². The standard InChI is InChI=1S/C14H23NO15S/c1-3(17)15-11-8(21)9(30-31(25,26)27)4(2-16)29-14(11,24)12-7(20)5(18)6(19)10(28-12)13(22)23/h4-12,16,18-21,24H,2H2,1H3,(H,15,17)(H,22,23)(H,25,26,27)/t4-,5+,6+,7-,8+,9+,10+,11-,12?,14?/m1/s1. The van der Waals surface area contributed by atoms with E-state index in [9.17, 15) is 53.8 Å². The number of aliphatic carboxylic acids is 1. The van der Waals surface area contributed by atoms with Crippen LogP contribution in [0.25, 0.3) is 0 Å². The van der Waals surface area contributed by atoms with Crippen LogP contribution in [0.5, 0.6) is 0 Å². The van der Waals surface area contributed by atoms with Crippen LogP contribution in [0, 0.1) is 0 Å². The fraction of sp³-hybridized carbons (Fsp3) is 0.857. The van der Waals surface area contributed by atoms with Gasteiger partial charge in [0.2, 0.25) is 11.7 Å². The van der Waals surface area contributed by atoms with E-state index < -0.39 is 89.5 Å². The Hall–Kier alpha value is -1.51. The Labute approximate surface area is 174 Å². The third-order valence-electron chi connectivity index (χ3n) is 4.87. The van der Waals surface area contributed by atoms with Crippen LogP contribution in [-0.4, -0.2) is 128 Å². The lowest BCUT2D eigenvalue weighted by atomic mass is 9.81. The highest BCUT2D eigenvalue weighted by Gasteiger charge is 2.64. The first kappa shape index (κ1) is 25.7. The van der Waals surface area contributed by atoms with E-state index in [1.807, 2.05) is 5.32 Å². The summed E-state index contributed by atoms with van der Waals surface area (Å²) in [7, 11) is -5.24. The van der Waals surface area contributed by atoms with Gasteiger partial charge in [-0.2, -0.15) is 8.42 Å². The second-order valence-corrected chi connectivity index (χ2v) is 8.08. The zero-order chi connectivity index (χ0) is 23.9. The van der Waals surface area contributed by atoms with Gasteiger partial charge >= 0.3 is 16.4 Å². The number of nitrogens with one attached hydrogen (secondary N) is 1. The molecular formula is C14H23NO15S. The second-order valence-electron chi connectivity index (χ2n) is 7.04. The van der Waals surface area contributed by atoms with Gasteiger partial charge in [0, 0.05) is 6.92 Å². The maximum atomic E-state index is 11.6. The highest BCUT2D eigenvalue weighted by atomic mass is 32.3. The molecule has 0 aliphatic carbocycles. The summed E-state index contributed by atoms with van der Waals surface area (Å²) in [5.41, 5.74) is 0. The number of rotatable bonds is 6. The molecule has 180 valence electrons. The van der Waals surface area contributed by atoms with Crippen LogP contribution < -0.4 is 5.32 Å². The van der Waals surface area contributed by atoms with Gasteiger partial charge in [0.15, 0.2) is 6.10 Å². The topological polar surface area (TPSA) is 270 Å². The lowest BCUT2D eigenvalue weighted by molar-refractivity contribution is -0.380. The van der Waals surface area contributed by atoms with E-state index >= 15 is 0 Å². The van der Waals surface area contributed by atoms with Crippen molar-refractivity contribution in [1.82, 2.24) is 5.32 Å². The van der Waals surface area contributed by atoms with Crippen LogP contribution in [0.2, 0.25) is 0 Å². The molecule has 1 amide bonds. The molecule has 2 rings (SSSR count). The number of aliphatic hydroxyl groups excluding tert-OH is 5. The second kappa shape index (κ2) is 9.16. The van der Waals surface area contributed by atoms with Crippen molar-refractivity contribution in [3.63, 3.8) is 0 Å². The Bertz CT molecular complexity index is 791. The molecule has 2 unspecified atom stereocenters. The van der Waals surface area contributed by atoms with Crippen LogP contribution in [0.4, 0.5) is 0 Å². The molecule has 2 aliphatic rings. The van der Waals surface area contributed by atoms with Crippen molar-refractivity contribution in [2.24, 2.45) is 0 Å². The van der Waals surface area contributed by atoms with Crippen LogP contribution in [0.1, 0.15) is 6.92 Å². The van der Waals surface area contributed by atoms with Gasteiger partial charge in [-0.15, -0.1) is 0 Å². The normalized spacial score (nSPS) is 43.9. The maximum absolute atomic E-state index is 11.6. The summed E-state index contributed by atoms with van der Waals surface area (Å²) in [5, 5.41) is 72.4. The molecule has 2 fully saturated rings. The van der Waals surface area contributed by atoms with E-state index in [0.29, 0.717) is 0 Å². The van der Waals surface area contributed by atoms with E-state index in [2.05, 4.69) is 4.18 Å². The number of aliphatic hydroxyl groups is 6. The number of ether oxygens (including phenoxy) is 2. The van der Waals surface area contributed by atoms with Gasteiger partial charge in [-0.05, 0) is 0 Å². The minimum Gasteiger partial charge on any atom is -0.479 e. The van der Waals surface area contributed by atoms with Gasteiger partial charge in [-0.25, -0.2) is 8.98 Å². The Morgan fingerprint density at radius 1 is 1.10 bits per heavy atom. The summed E-state index contributed by atoms with van der Waals surface area (Å²) >= 11 is 0. The molecule has 0 bridgehead atoms. The third kappa shape index (κ3) is 5.12. The monoisotopic (exact) mass is 477 g/mol. The first-order chi connectivity index (χ1) is 14.1. The zero-order valence-corrected chi connectivity index (χ0v) is 16.6. The average Bonchev–Trinajstić information content (AvgIpc) is 2.64. The molecule has 0 saturated carbocycles. The predicted molar refractivity (Wildman–Crippen MR) is 91.3 cm³/mol. The largest absolute Gasteiger partial charge is 0.479 e. The lowest BCUT2D eigenvalue weighted by Gasteiger charge is -2.53. The lowest BCUT2D eigenvalue weighted by Crippen LogP contribution is -2.78. The number of carbonyl (C=O) groups excluding carboxylic acids is 1. The molecule has 0 aromatic heterocycles. The van der Waals surface area contributed by atoms with Crippen molar-refractivity contribution < 1.29 is 72.0 Å². The van der Waals surface area contributed by atoms with Crippen molar-refractivity contribution in [2.75, 3.05) is 6.61 Å². The first-order valence-electron chi connectivity index (χ1n) is 8.68. The Morgan fingerprint density at radius 3 is 2.13 bits per heavy atom. The zero-order valence-electron chi connectivity index (χ0n) is 15.7. The summed E-state index contributed by atoms with van der Waals surface area (Å²) in [6, 6.07) is -2.11. The van der Waals surface area contributed by atoms with Gasteiger partial charge in [0.25, 0.3) is 0 Å². The molecular weight excluding hydrogens is 454 g/mol. The van der Waals surface area contributed by atoms with E-state index in [1.54, 1.807) is 0 Å². The molecule has 2 saturated heterocycles. The summed E-state index contributed by atoms with van der Waals surface area (Å²) < 4.78 is 45.5. The van der Waals surface area contributed by atoms with Crippen molar-refractivity contribution in [1.29, 1.82) is 0 Å². The number of hydrogen-bond acceptors (Lipinski definition) is 13. The minimum absolute atomic E-state index is 0.904. The van der Waals surface area contributed by atoms with Gasteiger partial charge < -0.3 is 50.5 Å². The quantitative estimate of drug-likeness (QED) is 0.161. The molecule has 10 atom stereocenters. The number of amides is 1. The number of carboxylic acids is 1. The molecule has 31 heavy (non-hydrogen) atoms. The van der Waals surface area contributed by atoms with Crippen molar-refractivity contribution in [3.8, 4) is 0 Å². The summed E-state index contributed by atoms with van der Waals surface area (Å²) in [4.78, 5) is 22.9. The van der Waals surface area contributed by atoms with Crippen molar-refractivity contribution in [3.05, 3.63) is 0 Å². The minimum atomic E-state index is -5.24. The third-order valence-corrected chi connectivity index (χ3v) is 5.33. The highest BCUT2D eigenvalue weighted by molar-refractivity contribution is 7.80. The molecule has 0 aromatic rings. The van der Waals surface area contributed by atoms with E-state index in [-0.39, 0.29) is 0 Å². The molecule has 2 heterocycles. The average molecular weight is 477 g/mol. The molecule has 17 heteroatoms. The summed E-state index contributed by atoms with van der Waals surface area (Å²) in [6.07, 6.45) is -17.4. The maximum Gasteiger partial charge on any atom is 0.397 e. The van der Waals surface area contributed by atoms with Crippen molar-refractivity contribution >= 4 is 22.3 Å². The van der Waals surface area contributed by atoms with E-state index in [0.717, 1.165) is 6.92 Å². The fourth-order valence-electron chi connectivity index (χ4n) is 3.51. The first-order valence-corrected chi connectivity index (χ1v) is 10.0.